The van der Waals surface area contributed by atoms with E-state index in [9.17, 15) is 9.90 Å². The first-order chi connectivity index (χ1) is 11.2. The molecule has 3 rings (SSSR count). The van der Waals surface area contributed by atoms with Gasteiger partial charge in [0.05, 0.1) is 11.3 Å². The number of azo groups is 1. The third-order valence-electron chi connectivity index (χ3n) is 3.21. The summed E-state index contributed by atoms with van der Waals surface area (Å²) in [6.07, 6.45) is 0. The Labute approximate surface area is 130 Å². The molecular weight excluding hydrogens is 294 g/mol. The van der Waals surface area contributed by atoms with E-state index < -0.39 is 5.56 Å². The highest BCUT2D eigenvalue weighted by Gasteiger charge is 2.14. The molecular formula is C16H11N5O2. The molecule has 0 bridgehead atoms. The minimum atomic E-state index is -0.471. The zero-order chi connectivity index (χ0) is 16.2. The minimum Gasteiger partial charge on any atom is -0.507 e. The number of benzene rings is 2. The average molecular weight is 305 g/mol. The van der Waals surface area contributed by atoms with Gasteiger partial charge in [-0.3, -0.25) is 15.0 Å². The Kier molecular flexibility index (Phi) is 3.72. The summed E-state index contributed by atoms with van der Waals surface area (Å²) in [6, 6.07) is 15.2. The maximum Gasteiger partial charge on any atom is 0.292 e. The van der Waals surface area contributed by atoms with Gasteiger partial charge >= 0.3 is 0 Å². The molecule has 3 aromatic rings. The molecule has 23 heavy (non-hydrogen) atoms. The van der Waals surface area contributed by atoms with E-state index in [1.807, 2.05) is 6.07 Å². The SMILES string of the molecule is N#Cc1ccccc1N=Nc1c(-c2ccccc2O)[nH][nH]c1=O. The van der Waals surface area contributed by atoms with Crippen molar-refractivity contribution in [2.24, 2.45) is 10.2 Å². The molecule has 2 aromatic carbocycles. The monoisotopic (exact) mass is 305 g/mol. The van der Waals surface area contributed by atoms with Gasteiger partial charge in [0.15, 0.2) is 5.69 Å². The first kappa shape index (κ1) is 14.3. The molecule has 0 aliphatic carbocycles. The number of aromatic nitrogens is 2. The summed E-state index contributed by atoms with van der Waals surface area (Å²) < 4.78 is 0. The molecule has 0 atom stereocenters. The lowest BCUT2D eigenvalue weighted by Gasteiger charge is -2.01. The second-order valence-electron chi connectivity index (χ2n) is 4.65. The summed E-state index contributed by atoms with van der Waals surface area (Å²) in [5.74, 6) is 0.0108. The summed E-state index contributed by atoms with van der Waals surface area (Å²) >= 11 is 0. The largest absolute Gasteiger partial charge is 0.507 e. The van der Waals surface area contributed by atoms with Gasteiger partial charge in [-0.15, -0.1) is 10.2 Å². The summed E-state index contributed by atoms with van der Waals surface area (Å²) in [5.41, 5.74) is 1.02. The van der Waals surface area contributed by atoms with Gasteiger partial charge in [0.1, 0.15) is 17.5 Å². The van der Waals surface area contributed by atoms with Crippen LogP contribution in [-0.4, -0.2) is 15.3 Å². The first-order valence-corrected chi connectivity index (χ1v) is 6.70. The van der Waals surface area contributed by atoms with Crippen LogP contribution in [0.4, 0.5) is 11.4 Å². The van der Waals surface area contributed by atoms with Gasteiger partial charge in [0.2, 0.25) is 0 Å². The maximum atomic E-state index is 11.9. The van der Waals surface area contributed by atoms with Crippen LogP contribution in [0, 0.1) is 11.3 Å². The van der Waals surface area contributed by atoms with Gasteiger partial charge < -0.3 is 5.11 Å². The van der Waals surface area contributed by atoms with E-state index in [1.54, 1.807) is 42.5 Å². The second-order valence-corrected chi connectivity index (χ2v) is 4.65. The van der Waals surface area contributed by atoms with E-state index in [2.05, 4.69) is 20.4 Å². The third-order valence-corrected chi connectivity index (χ3v) is 3.21. The van der Waals surface area contributed by atoms with Crippen molar-refractivity contribution < 1.29 is 5.11 Å². The topological polar surface area (TPSA) is 117 Å². The van der Waals surface area contributed by atoms with Crippen LogP contribution < -0.4 is 5.56 Å². The molecule has 0 fully saturated rings. The minimum absolute atomic E-state index is 0.0108. The molecule has 0 unspecified atom stereocenters. The Bertz CT molecular complexity index is 978. The smallest absolute Gasteiger partial charge is 0.292 e. The summed E-state index contributed by atoms with van der Waals surface area (Å²) in [7, 11) is 0. The van der Waals surface area contributed by atoms with Gasteiger partial charge in [-0.05, 0) is 24.3 Å². The van der Waals surface area contributed by atoms with Crippen LogP contribution in [-0.2, 0) is 0 Å². The molecule has 7 heteroatoms. The van der Waals surface area contributed by atoms with E-state index in [0.717, 1.165) is 0 Å². The number of nitriles is 1. The maximum absolute atomic E-state index is 11.9. The zero-order valence-electron chi connectivity index (χ0n) is 11.8. The lowest BCUT2D eigenvalue weighted by molar-refractivity contribution is 0.477. The number of nitrogens with zero attached hydrogens (tertiary/aromatic N) is 3. The fourth-order valence-corrected chi connectivity index (χ4v) is 2.09. The van der Waals surface area contributed by atoms with E-state index in [0.29, 0.717) is 22.5 Å². The van der Waals surface area contributed by atoms with Crippen LogP contribution in [0.3, 0.4) is 0 Å². The number of hydrogen-bond donors (Lipinski definition) is 3. The third kappa shape index (κ3) is 2.73. The van der Waals surface area contributed by atoms with Crippen LogP contribution >= 0.6 is 0 Å². The fraction of sp³-hybridized carbons (Fsp3) is 0. The number of para-hydroxylation sites is 1. The number of rotatable bonds is 3. The Morgan fingerprint density at radius 1 is 1.00 bits per heavy atom. The molecule has 0 aliphatic rings. The van der Waals surface area contributed by atoms with Crippen LogP contribution in [0.15, 0.2) is 63.6 Å². The van der Waals surface area contributed by atoms with Crippen molar-refractivity contribution in [3.63, 3.8) is 0 Å². The Morgan fingerprint density at radius 3 is 2.52 bits per heavy atom. The molecule has 3 N–H and O–H groups in total. The number of H-pyrrole nitrogens is 2. The van der Waals surface area contributed by atoms with Gasteiger partial charge in [0, 0.05) is 5.56 Å². The Hall–Kier alpha value is -3.66. The first-order valence-electron chi connectivity index (χ1n) is 6.70. The zero-order valence-corrected chi connectivity index (χ0v) is 11.8. The normalized spacial score (nSPS) is 10.7. The highest BCUT2D eigenvalue weighted by Crippen LogP contribution is 2.32. The predicted octanol–water partition coefficient (Wildman–Crippen LogP) is 3.36. The van der Waals surface area contributed by atoms with E-state index in [1.165, 1.54) is 6.07 Å². The Balaban J connectivity index is 2.07. The van der Waals surface area contributed by atoms with Crippen molar-refractivity contribution in [2.75, 3.05) is 0 Å². The van der Waals surface area contributed by atoms with Gasteiger partial charge in [0.25, 0.3) is 5.56 Å². The Morgan fingerprint density at radius 2 is 1.74 bits per heavy atom. The number of aromatic amines is 2. The summed E-state index contributed by atoms with van der Waals surface area (Å²) in [5, 5.41) is 32.0. The predicted molar refractivity (Wildman–Crippen MR) is 83.8 cm³/mol. The molecule has 1 aromatic heterocycles. The van der Waals surface area contributed by atoms with Crippen molar-refractivity contribution in [1.29, 1.82) is 5.26 Å². The van der Waals surface area contributed by atoms with Gasteiger partial charge in [-0.25, -0.2) is 0 Å². The summed E-state index contributed by atoms with van der Waals surface area (Å²) in [6.45, 7) is 0. The van der Waals surface area contributed by atoms with Gasteiger partial charge in [-0.1, -0.05) is 24.3 Å². The molecule has 0 spiro atoms. The number of hydrogen-bond acceptors (Lipinski definition) is 5. The molecule has 112 valence electrons. The number of nitrogens with one attached hydrogen (secondary N) is 2. The summed E-state index contributed by atoms with van der Waals surface area (Å²) in [4.78, 5) is 11.9. The standard InChI is InChI=1S/C16H11N5O2/c17-9-10-5-1-3-7-12(10)18-20-15-14(19-21-16(15)23)11-6-2-4-8-13(11)22/h1-8,22H,(H2,19,21,23). The van der Waals surface area contributed by atoms with Crippen molar-refractivity contribution >= 4 is 11.4 Å². The van der Waals surface area contributed by atoms with Crippen molar-refractivity contribution in [3.05, 3.63) is 64.4 Å². The fourth-order valence-electron chi connectivity index (χ4n) is 2.09. The van der Waals surface area contributed by atoms with Crippen molar-refractivity contribution in [1.82, 2.24) is 10.2 Å². The molecule has 0 saturated heterocycles. The van der Waals surface area contributed by atoms with Crippen LogP contribution in [0.2, 0.25) is 0 Å². The molecule has 1 heterocycles. The van der Waals surface area contributed by atoms with Crippen LogP contribution in [0.25, 0.3) is 11.3 Å². The second kappa shape index (κ2) is 5.99. The number of aromatic hydroxyl groups is 1. The number of phenols is 1. The van der Waals surface area contributed by atoms with Crippen molar-refractivity contribution in [2.45, 2.75) is 0 Å². The average Bonchev–Trinajstić information content (AvgIpc) is 2.94. The highest BCUT2D eigenvalue weighted by molar-refractivity contribution is 5.75. The van der Waals surface area contributed by atoms with Gasteiger partial charge in [-0.2, -0.15) is 5.26 Å². The van der Waals surface area contributed by atoms with Crippen LogP contribution in [0.5, 0.6) is 5.75 Å². The quantitative estimate of drug-likeness (QED) is 0.644. The van der Waals surface area contributed by atoms with Crippen molar-refractivity contribution in [3.8, 4) is 23.1 Å². The van der Waals surface area contributed by atoms with E-state index >= 15 is 0 Å². The molecule has 0 radical (unpaired) electrons. The molecule has 0 aliphatic heterocycles. The van der Waals surface area contributed by atoms with E-state index in [4.69, 9.17) is 5.26 Å². The molecule has 0 saturated carbocycles. The van der Waals surface area contributed by atoms with Crippen LogP contribution in [0.1, 0.15) is 5.56 Å². The lowest BCUT2D eigenvalue weighted by Crippen LogP contribution is -1.96. The van der Waals surface area contributed by atoms with E-state index in [-0.39, 0.29) is 11.4 Å². The highest BCUT2D eigenvalue weighted by atomic mass is 16.3. The molecule has 0 amide bonds. The lowest BCUT2D eigenvalue weighted by atomic mass is 10.1. The number of phenolic OH excluding ortho intramolecular Hbond substituents is 1. The molecule has 7 nitrogen and oxygen atoms in total.